The third-order valence-electron chi connectivity index (χ3n) is 4.94. The van der Waals surface area contributed by atoms with Gasteiger partial charge < -0.3 is 9.08 Å². The molecule has 0 spiro atoms. The molecule has 3 rings (SSSR count). The van der Waals surface area contributed by atoms with Crippen molar-refractivity contribution in [2.24, 2.45) is 0 Å². The molecule has 0 aliphatic heterocycles. The lowest BCUT2D eigenvalue weighted by atomic mass is 10.1. The second kappa shape index (κ2) is 11.4. The van der Waals surface area contributed by atoms with Crippen LogP contribution < -0.4 is 9.08 Å². The van der Waals surface area contributed by atoms with Gasteiger partial charge in [-0.2, -0.15) is 8.42 Å². The van der Waals surface area contributed by atoms with Crippen LogP contribution in [0.3, 0.4) is 0 Å². The Kier molecular flexibility index (Phi) is 8.65. The van der Waals surface area contributed by atoms with Crippen molar-refractivity contribution in [1.29, 1.82) is 0 Å². The highest BCUT2D eigenvalue weighted by atomic mass is 35.5. The fourth-order valence-electron chi connectivity index (χ4n) is 3.45. The van der Waals surface area contributed by atoms with Gasteiger partial charge in [0, 0.05) is 37.1 Å². The van der Waals surface area contributed by atoms with Crippen LogP contribution in [0.4, 0.5) is 10.7 Å². The number of pyridine rings is 1. The Balaban J connectivity index is 1.90. The Morgan fingerprint density at radius 1 is 1.21 bits per heavy atom. The van der Waals surface area contributed by atoms with Gasteiger partial charge in [-0.15, -0.1) is 11.6 Å². The van der Waals surface area contributed by atoms with Crippen LogP contribution in [0.15, 0.2) is 60.2 Å². The van der Waals surface area contributed by atoms with Crippen LogP contribution in [0.25, 0.3) is 0 Å². The molecule has 33 heavy (non-hydrogen) atoms. The van der Waals surface area contributed by atoms with Crippen LogP contribution >= 0.6 is 22.9 Å². The smallest absolute Gasteiger partial charge is 0.328 e. The maximum atomic E-state index is 13.3. The van der Waals surface area contributed by atoms with Gasteiger partial charge in [0.25, 0.3) is 0 Å². The topological polar surface area (TPSA) is 103 Å². The second-order valence-electron chi connectivity index (χ2n) is 7.24. The third-order valence-corrected chi connectivity index (χ3v) is 7.53. The molecule has 11 heteroatoms. The van der Waals surface area contributed by atoms with Gasteiger partial charge >= 0.3 is 15.1 Å². The molecule has 0 radical (unpaired) electrons. The Labute approximate surface area is 202 Å². The Bertz CT molecular complexity index is 1150. The Morgan fingerprint density at radius 2 is 1.97 bits per heavy atom. The maximum absolute atomic E-state index is 13.3. The number of halogens is 1. The van der Waals surface area contributed by atoms with Gasteiger partial charge in [-0.05, 0) is 60.2 Å². The van der Waals surface area contributed by atoms with E-state index in [1.54, 1.807) is 42.6 Å². The summed E-state index contributed by atoms with van der Waals surface area (Å²) in [6, 6.07) is 11.6. The van der Waals surface area contributed by atoms with Crippen molar-refractivity contribution in [2.45, 2.75) is 25.0 Å². The molecule has 0 amide bonds. The molecule has 2 heterocycles. The van der Waals surface area contributed by atoms with E-state index >= 15 is 0 Å². The number of thiophene rings is 1. The standard InChI is InChI=1S/C22H24ClN3O5S2/c1-2-12-25(13-10-23)18-5-7-19(8-6-18)31-33(29,30)21(15-17-4-3-11-24-16-17)20-9-14-32-22(20)26(27)28/h3-9,11,14,16,21H,2,10,12-13,15H2,1H3. The van der Waals surface area contributed by atoms with Crippen LogP contribution in [-0.4, -0.2) is 37.3 Å². The van der Waals surface area contributed by atoms with Gasteiger partial charge in [0.2, 0.25) is 0 Å². The zero-order valence-corrected chi connectivity index (χ0v) is 20.4. The summed E-state index contributed by atoms with van der Waals surface area (Å²) in [5, 5.41) is 11.5. The number of benzene rings is 1. The summed E-state index contributed by atoms with van der Waals surface area (Å²) >= 11 is 6.77. The number of hydrogen-bond donors (Lipinski definition) is 0. The summed E-state index contributed by atoms with van der Waals surface area (Å²) in [6.45, 7) is 3.56. The number of nitro groups is 1. The molecule has 0 aliphatic carbocycles. The molecule has 3 aromatic rings. The number of hydrogen-bond acceptors (Lipinski definition) is 8. The predicted octanol–water partition coefficient (Wildman–Crippen LogP) is 5.20. The molecule has 8 nitrogen and oxygen atoms in total. The van der Waals surface area contributed by atoms with E-state index in [0.29, 0.717) is 18.0 Å². The lowest BCUT2D eigenvalue weighted by molar-refractivity contribution is -0.380. The molecular formula is C22H24ClN3O5S2. The lowest BCUT2D eigenvalue weighted by Crippen LogP contribution is -2.26. The summed E-state index contributed by atoms with van der Waals surface area (Å²) in [7, 11) is -4.27. The number of rotatable bonds is 12. The number of anilines is 1. The van der Waals surface area contributed by atoms with Crippen LogP contribution in [-0.2, 0) is 16.5 Å². The van der Waals surface area contributed by atoms with E-state index in [2.05, 4.69) is 16.8 Å². The quantitative estimate of drug-likeness (QED) is 0.143. The molecule has 0 saturated heterocycles. The van der Waals surface area contributed by atoms with Crippen molar-refractivity contribution in [1.82, 2.24) is 4.98 Å². The molecule has 1 aromatic carbocycles. The average Bonchev–Trinajstić information content (AvgIpc) is 3.28. The fourth-order valence-corrected chi connectivity index (χ4v) is 5.90. The zero-order chi connectivity index (χ0) is 23.8. The number of alkyl halides is 1. The molecule has 2 aromatic heterocycles. The van der Waals surface area contributed by atoms with Crippen molar-refractivity contribution in [3.8, 4) is 5.75 Å². The highest BCUT2D eigenvalue weighted by Crippen LogP contribution is 2.38. The maximum Gasteiger partial charge on any atom is 0.328 e. The zero-order valence-electron chi connectivity index (χ0n) is 18.0. The molecule has 0 saturated carbocycles. The van der Waals surface area contributed by atoms with Crippen molar-refractivity contribution in [3.63, 3.8) is 0 Å². The van der Waals surface area contributed by atoms with E-state index in [9.17, 15) is 18.5 Å². The molecule has 1 unspecified atom stereocenters. The minimum absolute atomic E-state index is 0.00810. The average molecular weight is 510 g/mol. The Morgan fingerprint density at radius 3 is 2.58 bits per heavy atom. The van der Waals surface area contributed by atoms with Gasteiger partial charge in [0.05, 0.1) is 10.5 Å². The van der Waals surface area contributed by atoms with Crippen molar-refractivity contribution >= 4 is 43.7 Å². The number of aromatic nitrogens is 1. The molecular weight excluding hydrogens is 486 g/mol. The summed E-state index contributed by atoms with van der Waals surface area (Å²) in [6.07, 6.45) is 4.05. The van der Waals surface area contributed by atoms with E-state index in [1.165, 1.54) is 17.6 Å². The number of nitrogens with zero attached hydrogens (tertiary/aromatic N) is 3. The monoisotopic (exact) mass is 509 g/mol. The first-order valence-corrected chi connectivity index (χ1v) is 13.2. The van der Waals surface area contributed by atoms with Gasteiger partial charge in [-0.3, -0.25) is 15.1 Å². The van der Waals surface area contributed by atoms with Crippen LogP contribution in [0.1, 0.15) is 29.7 Å². The van der Waals surface area contributed by atoms with Crippen molar-refractivity contribution in [3.05, 3.63) is 81.5 Å². The summed E-state index contributed by atoms with van der Waals surface area (Å²) in [4.78, 5) is 17.0. The van der Waals surface area contributed by atoms with Crippen LogP contribution in [0.2, 0.25) is 0 Å². The Hall–Kier alpha value is -2.69. The molecule has 0 fully saturated rings. The summed E-state index contributed by atoms with van der Waals surface area (Å²) in [5.74, 6) is 0.609. The third kappa shape index (κ3) is 6.43. The summed E-state index contributed by atoms with van der Waals surface area (Å²) < 4.78 is 32.1. The molecule has 0 bridgehead atoms. The normalized spacial score (nSPS) is 12.3. The van der Waals surface area contributed by atoms with Crippen LogP contribution in [0, 0.1) is 10.1 Å². The lowest BCUT2D eigenvalue weighted by Gasteiger charge is -2.23. The largest absolute Gasteiger partial charge is 0.382 e. The molecule has 176 valence electrons. The van der Waals surface area contributed by atoms with E-state index < -0.39 is 20.3 Å². The fraction of sp³-hybridized carbons (Fsp3) is 0.318. The second-order valence-corrected chi connectivity index (χ2v) is 10.2. The van der Waals surface area contributed by atoms with Gasteiger partial charge in [0.15, 0.2) is 0 Å². The minimum Gasteiger partial charge on any atom is -0.382 e. The first-order valence-electron chi connectivity index (χ1n) is 10.3. The van der Waals surface area contributed by atoms with E-state index in [-0.39, 0.29) is 22.7 Å². The first kappa shape index (κ1) is 24.9. The molecule has 0 aliphatic rings. The van der Waals surface area contributed by atoms with Crippen molar-refractivity contribution in [2.75, 3.05) is 23.9 Å². The van der Waals surface area contributed by atoms with Crippen molar-refractivity contribution < 1.29 is 17.5 Å². The van der Waals surface area contributed by atoms with Gasteiger partial charge in [-0.1, -0.05) is 24.3 Å². The first-order chi connectivity index (χ1) is 15.9. The molecule has 1 atom stereocenters. The minimum atomic E-state index is -4.27. The highest BCUT2D eigenvalue weighted by Gasteiger charge is 2.36. The van der Waals surface area contributed by atoms with E-state index in [1.807, 2.05) is 0 Å². The van der Waals surface area contributed by atoms with Crippen LogP contribution in [0.5, 0.6) is 5.75 Å². The predicted molar refractivity (Wildman–Crippen MR) is 131 cm³/mol. The molecule has 0 N–H and O–H groups in total. The summed E-state index contributed by atoms with van der Waals surface area (Å²) in [5.41, 5.74) is 1.63. The SMILES string of the molecule is CCCN(CCCl)c1ccc(OS(=O)(=O)C(Cc2cccnc2)c2ccsc2[N+](=O)[O-])cc1. The van der Waals surface area contributed by atoms with Gasteiger partial charge in [-0.25, -0.2) is 0 Å². The van der Waals surface area contributed by atoms with E-state index in [0.717, 1.165) is 30.0 Å². The highest BCUT2D eigenvalue weighted by molar-refractivity contribution is 7.87. The van der Waals surface area contributed by atoms with Gasteiger partial charge in [0.1, 0.15) is 11.0 Å². The van der Waals surface area contributed by atoms with E-state index in [4.69, 9.17) is 15.8 Å².